The standard InChI is InChI=1S/C10H16N4O2/c1-7(2)13-9-6-11-8(5-12-9)3-4-10(15)14-16/h3-5,7,11,16H,6H2,1-2H3,(H,12,13)(H,14,15)/b4-3+. The van der Waals surface area contributed by atoms with Crippen LogP contribution in [0.15, 0.2) is 29.0 Å². The second-order valence-electron chi connectivity index (χ2n) is 3.58. The van der Waals surface area contributed by atoms with Crippen molar-refractivity contribution in [2.45, 2.75) is 19.9 Å². The van der Waals surface area contributed by atoms with Gasteiger partial charge in [-0.2, -0.15) is 0 Å². The number of nitrogens with zero attached hydrogens (tertiary/aromatic N) is 1. The summed E-state index contributed by atoms with van der Waals surface area (Å²) in [5, 5.41) is 14.4. The Balaban J connectivity index is 2.53. The maximum Gasteiger partial charge on any atom is 0.267 e. The van der Waals surface area contributed by atoms with Gasteiger partial charge in [-0.15, -0.1) is 0 Å². The molecule has 0 fully saturated rings. The van der Waals surface area contributed by atoms with Crippen LogP contribution in [0.3, 0.4) is 0 Å². The summed E-state index contributed by atoms with van der Waals surface area (Å²) in [7, 11) is 0. The Morgan fingerprint density at radius 1 is 1.69 bits per heavy atom. The van der Waals surface area contributed by atoms with Gasteiger partial charge in [-0.1, -0.05) is 0 Å². The highest BCUT2D eigenvalue weighted by molar-refractivity contribution is 5.88. The molecule has 0 bridgehead atoms. The number of carbonyl (C=O) groups is 1. The summed E-state index contributed by atoms with van der Waals surface area (Å²) in [5.41, 5.74) is 2.27. The lowest BCUT2D eigenvalue weighted by atomic mass is 10.3. The van der Waals surface area contributed by atoms with Crippen molar-refractivity contribution in [2.75, 3.05) is 6.54 Å². The van der Waals surface area contributed by atoms with E-state index in [1.807, 2.05) is 13.8 Å². The molecule has 0 unspecified atom stereocenters. The number of hydroxylamine groups is 1. The average molecular weight is 224 g/mol. The molecule has 1 rings (SSSR count). The fourth-order valence-electron chi connectivity index (χ4n) is 1.15. The Kier molecular flexibility index (Phi) is 4.53. The molecule has 0 spiro atoms. The Morgan fingerprint density at radius 2 is 2.44 bits per heavy atom. The van der Waals surface area contributed by atoms with E-state index >= 15 is 0 Å². The van der Waals surface area contributed by atoms with Crippen LogP contribution < -0.4 is 16.1 Å². The largest absolute Gasteiger partial charge is 0.377 e. The highest BCUT2D eigenvalue weighted by Gasteiger charge is 2.05. The highest BCUT2D eigenvalue weighted by atomic mass is 16.5. The van der Waals surface area contributed by atoms with E-state index in [1.165, 1.54) is 11.6 Å². The maximum atomic E-state index is 10.7. The summed E-state index contributed by atoms with van der Waals surface area (Å²) in [6, 6.07) is 0.245. The third-order valence-electron chi connectivity index (χ3n) is 1.79. The van der Waals surface area contributed by atoms with Crippen molar-refractivity contribution < 1.29 is 10.0 Å². The molecule has 0 saturated carbocycles. The fourth-order valence-corrected chi connectivity index (χ4v) is 1.15. The molecule has 0 radical (unpaired) electrons. The molecule has 88 valence electrons. The predicted molar refractivity (Wildman–Crippen MR) is 60.9 cm³/mol. The van der Waals surface area contributed by atoms with Crippen molar-refractivity contribution in [2.24, 2.45) is 4.99 Å². The van der Waals surface area contributed by atoms with Crippen LogP contribution in [-0.2, 0) is 4.79 Å². The number of amides is 1. The number of nitrogens with one attached hydrogen (secondary N) is 3. The zero-order valence-corrected chi connectivity index (χ0v) is 9.32. The molecule has 6 nitrogen and oxygen atoms in total. The van der Waals surface area contributed by atoms with Gasteiger partial charge < -0.3 is 10.6 Å². The predicted octanol–water partition coefficient (Wildman–Crippen LogP) is -0.111. The smallest absolute Gasteiger partial charge is 0.267 e. The third kappa shape index (κ3) is 4.14. The lowest BCUT2D eigenvalue weighted by Gasteiger charge is -2.17. The minimum Gasteiger partial charge on any atom is -0.377 e. The van der Waals surface area contributed by atoms with Crippen LogP contribution in [0.2, 0.25) is 0 Å². The van der Waals surface area contributed by atoms with Gasteiger partial charge in [0.2, 0.25) is 0 Å². The van der Waals surface area contributed by atoms with Crippen molar-refractivity contribution in [3.05, 3.63) is 24.0 Å². The molecular weight excluding hydrogens is 208 g/mol. The SMILES string of the molecule is CC(C)N=C1CNC(/C=C/C(=O)NO)=CN1. The lowest BCUT2D eigenvalue weighted by Crippen LogP contribution is -2.37. The molecule has 4 N–H and O–H groups in total. The Bertz CT molecular complexity index is 345. The molecule has 0 aliphatic carbocycles. The minimum absolute atomic E-state index is 0.245. The summed E-state index contributed by atoms with van der Waals surface area (Å²) >= 11 is 0. The van der Waals surface area contributed by atoms with Gasteiger partial charge >= 0.3 is 0 Å². The molecule has 0 aromatic carbocycles. The van der Waals surface area contributed by atoms with E-state index in [9.17, 15) is 4.79 Å². The first-order chi connectivity index (χ1) is 7.61. The van der Waals surface area contributed by atoms with Gasteiger partial charge in [0.25, 0.3) is 5.91 Å². The summed E-state index contributed by atoms with van der Waals surface area (Å²) in [4.78, 5) is 15.1. The summed E-state index contributed by atoms with van der Waals surface area (Å²) in [6.45, 7) is 4.59. The van der Waals surface area contributed by atoms with Crippen LogP contribution in [0.25, 0.3) is 0 Å². The number of hydrogen-bond acceptors (Lipinski definition) is 4. The number of amidine groups is 1. The van der Waals surface area contributed by atoms with Crippen molar-refractivity contribution >= 4 is 11.7 Å². The average Bonchev–Trinajstić information content (AvgIpc) is 2.27. The minimum atomic E-state index is -0.565. The van der Waals surface area contributed by atoms with E-state index in [0.29, 0.717) is 6.54 Å². The van der Waals surface area contributed by atoms with Gasteiger partial charge in [0, 0.05) is 18.3 Å². The van der Waals surface area contributed by atoms with E-state index in [0.717, 1.165) is 11.5 Å². The molecule has 0 atom stereocenters. The number of carbonyl (C=O) groups excluding carboxylic acids is 1. The Hall–Kier alpha value is -1.82. The topological polar surface area (TPSA) is 85.8 Å². The number of rotatable bonds is 3. The molecule has 0 aromatic rings. The van der Waals surface area contributed by atoms with Gasteiger partial charge in [0.1, 0.15) is 5.84 Å². The molecule has 0 aromatic heterocycles. The number of hydrogen-bond donors (Lipinski definition) is 4. The van der Waals surface area contributed by atoms with Gasteiger partial charge in [0.15, 0.2) is 0 Å². The fraction of sp³-hybridized carbons (Fsp3) is 0.400. The maximum absolute atomic E-state index is 10.7. The Labute approximate surface area is 94.1 Å². The van der Waals surface area contributed by atoms with Crippen LogP contribution in [0, 0.1) is 0 Å². The van der Waals surface area contributed by atoms with Crippen molar-refractivity contribution in [1.82, 2.24) is 16.1 Å². The first-order valence-corrected chi connectivity index (χ1v) is 5.01. The molecule has 16 heavy (non-hydrogen) atoms. The van der Waals surface area contributed by atoms with Crippen LogP contribution in [0.4, 0.5) is 0 Å². The lowest BCUT2D eigenvalue weighted by molar-refractivity contribution is -0.124. The van der Waals surface area contributed by atoms with Crippen LogP contribution >= 0.6 is 0 Å². The second kappa shape index (κ2) is 5.92. The Morgan fingerprint density at radius 3 is 2.94 bits per heavy atom. The molecule has 1 aliphatic heterocycles. The summed E-state index contributed by atoms with van der Waals surface area (Å²) in [6.07, 6.45) is 4.50. The molecule has 1 heterocycles. The van der Waals surface area contributed by atoms with E-state index in [2.05, 4.69) is 15.6 Å². The van der Waals surface area contributed by atoms with Crippen LogP contribution in [0.1, 0.15) is 13.8 Å². The van der Waals surface area contributed by atoms with Gasteiger partial charge in [-0.25, -0.2) is 5.48 Å². The number of allylic oxidation sites excluding steroid dienone is 1. The summed E-state index contributed by atoms with van der Waals surface area (Å²) < 4.78 is 0. The van der Waals surface area contributed by atoms with E-state index in [-0.39, 0.29) is 6.04 Å². The molecule has 0 saturated heterocycles. The van der Waals surface area contributed by atoms with Crippen LogP contribution in [-0.4, -0.2) is 29.5 Å². The third-order valence-corrected chi connectivity index (χ3v) is 1.79. The zero-order valence-electron chi connectivity index (χ0n) is 9.32. The second-order valence-corrected chi connectivity index (χ2v) is 3.58. The molecule has 1 aliphatic rings. The van der Waals surface area contributed by atoms with E-state index < -0.39 is 5.91 Å². The number of aliphatic imine (C=N–C) groups is 1. The molecule has 1 amide bonds. The van der Waals surface area contributed by atoms with Crippen molar-refractivity contribution in [3.63, 3.8) is 0 Å². The normalized spacial score (nSPS) is 18.2. The first kappa shape index (κ1) is 12.3. The van der Waals surface area contributed by atoms with Gasteiger partial charge in [0.05, 0.1) is 12.2 Å². The quantitative estimate of drug-likeness (QED) is 0.306. The first-order valence-electron chi connectivity index (χ1n) is 5.01. The molecule has 6 heteroatoms. The van der Waals surface area contributed by atoms with Crippen molar-refractivity contribution in [1.29, 1.82) is 0 Å². The molecular formula is C10H16N4O2. The van der Waals surface area contributed by atoms with Gasteiger partial charge in [-0.3, -0.25) is 15.0 Å². The van der Waals surface area contributed by atoms with Crippen LogP contribution in [0.5, 0.6) is 0 Å². The highest BCUT2D eigenvalue weighted by Crippen LogP contribution is 1.97. The summed E-state index contributed by atoms with van der Waals surface area (Å²) in [5.74, 6) is 0.295. The monoisotopic (exact) mass is 224 g/mol. The van der Waals surface area contributed by atoms with Gasteiger partial charge in [-0.05, 0) is 19.9 Å². The van der Waals surface area contributed by atoms with Crippen molar-refractivity contribution in [3.8, 4) is 0 Å². The van der Waals surface area contributed by atoms with E-state index in [4.69, 9.17) is 5.21 Å². The zero-order chi connectivity index (χ0) is 12.0. The van der Waals surface area contributed by atoms with E-state index in [1.54, 1.807) is 12.3 Å².